The van der Waals surface area contributed by atoms with Crippen LogP contribution < -0.4 is 5.32 Å². The molecule has 1 N–H and O–H groups in total. The van der Waals surface area contributed by atoms with Gasteiger partial charge in [-0.3, -0.25) is 4.79 Å². The lowest BCUT2D eigenvalue weighted by molar-refractivity contribution is -0.121. The third-order valence-electron chi connectivity index (χ3n) is 3.23. The normalized spacial score (nSPS) is 11.9. The summed E-state index contributed by atoms with van der Waals surface area (Å²) in [6.45, 7) is 2.00. The summed E-state index contributed by atoms with van der Waals surface area (Å²) in [7, 11) is 0. The maximum absolute atomic E-state index is 11.9. The molecule has 1 unspecified atom stereocenters. The Morgan fingerprint density at radius 2 is 1.75 bits per heavy atom. The molecule has 0 radical (unpaired) electrons. The van der Waals surface area contributed by atoms with Gasteiger partial charge < -0.3 is 5.32 Å². The van der Waals surface area contributed by atoms with Crippen LogP contribution in [0.3, 0.4) is 0 Å². The maximum Gasteiger partial charge on any atom is 0.220 e. The first-order valence-corrected chi connectivity index (χ1v) is 7.11. The van der Waals surface area contributed by atoms with Gasteiger partial charge in [0.05, 0.1) is 6.04 Å². The van der Waals surface area contributed by atoms with Crippen molar-refractivity contribution in [2.75, 3.05) is 0 Å². The number of carbonyl (C=O) groups excluding carboxylic acids is 1. The van der Waals surface area contributed by atoms with Crippen LogP contribution in [-0.4, -0.2) is 5.91 Å². The molecule has 0 fully saturated rings. The van der Waals surface area contributed by atoms with E-state index in [0.29, 0.717) is 6.42 Å². The van der Waals surface area contributed by atoms with Gasteiger partial charge in [-0.2, -0.15) is 0 Å². The van der Waals surface area contributed by atoms with Crippen molar-refractivity contribution < 1.29 is 4.79 Å². The lowest BCUT2D eigenvalue weighted by atomic mass is 10.1. The van der Waals surface area contributed by atoms with E-state index in [1.807, 2.05) is 61.5 Å². The molecule has 0 saturated heterocycles. The first kappa shape index (κ1) is 14.6. The fourth-order valence-corrected chi connectivity index (χ4v) is 2.17. The van der Waals surface area contributed by atoms with Gasteiger partial charge in [0.15, 0.2) is 0 Å². The molecule has 20 heavy (non-hydrogen) atoms. The molecule has 0 aliphatic carbocycles. The van der Waals surface area contributed by atoms with Gasteiger partial charge in [-0.25, -0.2) is 0 Å². The molecule has 0 heterocycles. The van der Waals surface area contributed by atoms with Crippen molar-refractivity contribution in [2.45, 2.75) is 25.8 Å². The van der Waals surface area contributed by atoms with Gasteiger partial charge in [0.25, 0.3) is 0 Å². The van der Waals surface area contributed by atoms with Gasteiger partial charge in [-0.15, -0.1) is 0 Å². The number of carbonyl (C=O) groups is 1. The van der Waals surface area contributed by atoms with Crippen molar-refractivity contribution in [3.8, 4) is 0 Å². The Kier molecular flexibility index (Phi) is 5.19. The van der Waals surface area contributed by atoms with Crippen LogP contribution in [0.2, 0.25) is 5.02 Å². The second-order valence-electron chi connectivity index (χ2n) is 4.83. The highest BCUT2D eigenvalue weighted by molar-refractivity contribution is 6.30. The fraction of sp³-hybridized carbons (Fsp3) is 0.235. The summed E-state index contributed by atoms with van der Waals surface area (Å²) >= 11 is 5.83. The van der Waals surface area contributed by atoms with Crippen molar-refractivity contribution in [2.24, 2.45) is 0 Å². The zero-order valence-electron chi connectivity index (χ0n) is 11.5. The SMILES string of the molecule is CC(NC(=O)CCc1ccc(Cl)cc1)c1ccccc1. The second kappa shape index (κ2) is 7.11. The van der Waals surface area contributed by atoms with Crippen LogP contribution in [0.4, 0.5) is 0 Å². The molecule has 1 amide bonds. The van der Waals surface area contributed by atoms with E-state index in [1.54, 1.807) is 0 Å². The van der Waals surface area contributed by atoms with E-state index in [2.05, 4.69) is 5.32 Å². The summed E-state index contributed by atoms with van der Waals surface area (Å²) in [5, 5.41) is 3.73. The minimum Gasteiger partial charge on any atom is -0.350 e. The molecule has 2 rings (SSSR count). The standard InChI is InChI=1S/C17H18ClNO/c1-13(15-5-3-2-4-6-15)19-17(20)12-9-14-7-10-16(18)11-8-14/h2-8,10-11,13H,9,12H2,1H3,(H,19,20). The van der Waals surface area contributed by atoms with E-state index in [9.17, 15) is 4.79 Å². The molecule has 1 atom stereocenters. The first-order valence-electron chi connectivity index (χ1n) is 6.74. The van der Waals surface area contributed by atoms with E-state index in [0.717, 1.165) is 22.6 Å². The largest absolute Gasteiger partial charge is 0.350 e. The number of rotatable bonds is 5. The van der Waals surface area contributed by atoms with Crippen LogP contribution in [0, 0.1) is 0 Å². The van der Waals surface area contributed by atoms with Gasteiger partial charge in [0.2, 0.25) is 5.91 Å². The number of hydrogen-bond donors (Lipinski definition) is 1. The molecule has 2 nitrogen and oxygen atoms in total. The van der Waals surface area contributed by atoms with Crippen molar-refractivity contribution in [1.29, 1.82) is 0 Å². The molecular weight excluding hydrogens is 270 g/mol. The van der Waals surface area contributed by atoms with Crippen LogP contribution in [0.15, 0.2) is 54.6 Å². The maximum atomic E-state index is 11.9. The molecule has 0 aliphatic heterocycles. The highest BCUT2D eigenvalue weighted by Gasteiger charge is 2.09. The average Bonchev–Trinajstić information content (AvgIpc) is 2.47. The minimum absolute atomic E-state index is 0.0360. The van der Waals surface area contributed by atoms with Gasteiger partial charge in [0.1, 0.15) is 0 Å². The summed E-state index contributed by atoms with van der Waals surface area (Å²) in [6.07, 6.45) is 1.21. The summed E-state index contributed by atoms with van der Waals surface area (Å²) < 4.78 is 0. The molecule has 0 aliphatic rings. The zero-order valence-corrected chi connectivity index (χ0v) is 12.2. The molecule has 2 aromatic rings. The number of halogens is 1. The zero-order chi connectivity index (χ0) is 14.4. The highest BCUT2D eigenvalue weighted by Crippen LogP contribution is 2.13. The van der Waals surface area contributed by atoms with Crippen LogP contribution in [0.25, 0.3) is 0 Å². The lowest BCUT2D eigenvalue weighted by Gasteiger charge is -2.14. The van der Waals surface area contributed by atoms with E-state index in [1.165, 1.54) is 0 Å². The van der Waals surface area contributed by atoms with Crippen molar-refractivity contribution in [1.82, 2.24) is 5.32 Å². The molecule has 0 aromatic heterocycles. The Bertz CT molecular complexity index is 551. The summed E-state index contributed by atoms with van der Waals surface area (Å²) in [5.41, 5.74) is 2.24. The monoisotopic (exact) mass is 287 g/mol. The number of nitrogens with one attached hydrogen (secondary N) is 1. The predicted octanol–water partition coefficient (Wildman–Crippen LogP) is 4.15. The predicted molar refractivity (Wildman–Crippen MR) is 82.8 cm³/mol. The van der Waals surface area contributed by atoms with Crippen molar-refractivity contribution in [3.05, 3.63) is 70.7 Å². The summed E-state index contributed by atoms with van der Waals surface area (Å²) in [6, 6.07) is 17.6. The Balaban J connectivity index is 1.82. The van der Waals surface area contributed by atoms with Gasteiger partial charge in [0, 0.05) is 11.4 Å². The number of benzene rings is 2. The lowest BCUT2D eigenvalue weighted by Crippen LogP contribution is -2.26. The molecule has 0 bridgehead atoms. The molecule has 3 heteroatoms. The van der Waals surface area contributed by atoms with Crippen molar-refractivity contribution in [3.63, 3.8) is 0 Å². The van der Waals surface area contributed by atoms with E-state index >= 15 is 0 Å². The van der Waals surface area contributed by atoms with E-state index < -0.39 is 0 Å². The molecule has 104 valence electrons. The fourth-order valence-electron chi connectivity index (χ4n) is 2.05. The number of aryl methyl sites for hydroxylation is 1. The summed E-state index contributed by atoms with van der Waals surface area (Å²) in [5.74, 6) is 0.0660. The number of amides is 1. The number of hydrogen-bond acceptors (Lipinski definition) is 1. The van der Waals surface area contributed by atoms with Crippen molar-refractivity contribution >= 4 is 17.5 Å². The van der Waals surface area contributed by atoms with Crippen LogP contribution in [0.1, 0.15) is 30.5 Å². The molecule has 0 saturated carbocycles. The van der Waals surface area contributed by atoms with Crippen LogP contribution in [0.5, 0.6) is 0 Å². The Morgan fingerprint density at radius 1 is 1.10 bits per heavy atom. The Hall–Kier alpha value is -1.80. The molecule has 0 spiro atoms. The smallest absolute Gasteiger partial charge is 0.220 e. The Morgan fingerprint density at radius 3 is 2.40 bits per heavy atom. The van der Waals surface area contributed by atoms with E-state index in [-0.39, 0.29) is 11.9 Å². The van der Waals surface area contributed by atoms with Crippen LogP contribution >= 0.6 is 11.6 Å². The van der Waals surface area contributed by atoms with Crippen LogP contribution in [-0.2, 0) is 11.2 Å². The van der Waals surface area contributed by atoms with Gasteiger partial charge >= 0.3 is 0 Å². The highest BCUT2D eigenvalue weighted by atomic mass is 35.5. The Labute approximate surface area is 124 Å². The first-order chi connectivity index (χ1) is 9.65. The quantitative estimate of drug-likeness (QED) is 0.879. The van der Waals surface area contributed by atoms with Gasteiger partial charge in [-0.05, 0) is 36.6 Å². The third-order valence-corrected chi connectivity index (χ3v) is 3.48. The van der Waals surface area contributed by atoms with E-state index in [4.69, 9.17) is 11.6 Å². The average molecular weight is 288 g/mol. The molecular formula is C17H18ClNO. The topological polar surface area (TPSA) is 29.1 Å². The third kappa shape index (κ3) is 4.39. The second-order valence-corrected chi connectivity index (χ2v) is 5.26. The minimum atomic E-state index is 0.0360. The van der Waals surface area contributed by atoms with Gasteiger partial charge in [-0.1, -0.05) is 54.1 Å². The molecule has 2 aromatic carbocycles. The summed E-state index contributed by atoms with van der Waals surface area (Å²) in [4.78, 5) is 11.9.